The lowest BCUT2D eigenvalue weighted by molar-refractivity contribution is 0.294. The fourth-order valence-corrected chi connectivity index (χ4v) is 3.49. The second kappa shape index (κ2) is 9.41. The van der Waals surface area contributed by atoms with Crippen LogP contribution < -0.4 is 9.47 Å². The lowest BCUT2D eigenvalue weighted by atomic mass is 10.1. The highest BCUT2D eigenvalue weighted by Crippen LogP contribution is 2.31. The Bertz CT molecular complexity index is 1020. The highest BCUT2D eigenvalue weighted by Gasteiger charge is 2.11. The van der Waals surface area contributed by atoms with Gasteiger partial charge in [-0.2, -0.15) is 5.26 Å². The van der Waals surface area contributed by atoms with E-state index in [1.807, 2.05) is 47.8 Å². The fraction of sp³-hybridized carbons (Fsp3) is 0.182. The van der Waals surface area contributed by atoms with Crippen LogP contribution in [0.5, 0.6) is 11.5 Å². The Labute approximate surface area is 173 Å². The van der Waals surface area contributed by atoms with Crippen molar-refractivity contribution >= 4 is 34.6 Å². The number of benzene rings is 2. The van der Waals surface area contributed by atoms with Crippen molar-refractivity contribution in [1.82, 2.24) is 4.98 Å². The molecule has 142 valence electrons. The van der Waals surface area contributed by atoms with Gasteiger partial charge in [0.05, 0.1) is 25.0 Å². The Morgan fingerprint density at radius 2 is 2.00 bits per heavy atom. The first-order chi connectivity index (χ1) is 13.6. The lowest BCUT2D eigenvalue weighted by Crippen LogP contribution is -1.97. The van der Waals surface area contributed by atoms with E-state index in [9.17, 15) is 5.26 Å². The van der Waals surface area contributed by atoms with Crippen LogP contribution in [0.3, 0.4) is 0 Å². The molecule has 1 heterocycles. The van der Waals surface area contributed by atoms with E-state index in [0.717, 1.165) is 23.2 Å². The van der Waals surface area contributed by atoms with Gasteiger partial charge >= 0.3 is 0 Å². The first-order valence-corrected chi connectivity index (χ1v) is 10.0. The first-order valence-electron chi connectivity index (χ1n) is 8.79. The molecule has 4 nitrogen and oxygen atoms in total. The number of ether oxygens (including phenoxy) is 2. The molecule has 0 amide bonds. The molecule has 0 aliphatic carbocycles. The number of hydrogen-bond donors (Lipinski definition) is 0. The average Bonchev–Trinajstić information content (AvgIpc) is 3.21. The van der Waals surface area contributed by atoms with Crippen molar-refractivity contribution in [3.05, 3.63) is 63.4 Å². The third-order valence-corrected chi connectivity index (χ3v) is 5.08. The Morgan fingerprint density at radius 3 is 2.68 bits per heavy atom. The number of halogens is 1. The zero-order chi connectivity index (χ0) is 19.9. The van der Waals surface area contributed by atoms with Gasteiger partial charge in [0, 0.05) is 16.0 Å². The summed E-state index contributed by atoms with van der Waals surface area (Å²) in [6.45, 7) is 2.68. The van der Waals surface area contributed by atoms with E-state index in [-0.39, 0.29) is 0 Å². The molecule has 0 radical (unpaired) electrons. The predicted molar refractivity (Wildman–Crippen MR) is 115 cm³/mol. The summed E-state index contributed by atoms with van der Waals surface area (Å²) in [6.07, 6.45) is 2.72. The molecule has 0 aliphatic heterocycles. The summed E-state index contributed by atoms with van der Waals surface area (Å²) < 4.78 is 11.1. The molecule has 3 rings (SSSR count). The van der Waals surface area contributed by atoms with E-state index in [2.05, 4.69) is 18.0 Å². The number of methoxy groups -OCH3 is 1. The zero-order valence-electron chi connectivity index (χ0n) is 15.6. The van der Waals surface area contributed by atoms with Gasteiger partial charge in [0.2, 0.25) is 0 Å². The molecular formula is C22H19ClN2O2S. The number of hydrogen-bond acceptors (Lipinski definition) is 5. The van der Waals surface area contributed by atoms with Crippen LogP contribution in [0.1, 0.15) is 23.9 Å². The van der Waals surface area contributed by atoms with Gasteiger partial charge < -0.3 is 9.47 Å². The second-order valence-corrected chi connectivity index (χ2v) is 7.27. The fourth-order valence-electron chi connectivity index (χ4n) is 2.56. The van der Waals surface area contributed by atoms with Crippen LogP contribution in [0.15, 0.2) is 47.8 Å². The van der Waals surface area contributed by atoms with Gasteiger partial charge in [-0.1, -0.05) is 36.7 Å². The van der Waals surface area contributed by atoms with E-state index in [4.69, 9.17) is 21.1 Å². The molecule has 0 atom stereocenters. The van der Waals surface area contributed by atoms with Crippen LogP contribution in [0.2, 0.25) is 5.02 Å². The molecule has 0 spiro atoms. The highest BCUT2D eigenvalue weighted by atomic mass is 35.5. The van der Waals surface area contributed by atoms with E-state index >= 15 is 0 Å². The predicted octanol–water partition coefficient (Wildman–Crippen LogP) is 6.33. The van der Waals surface area contributed by atoms with Crippen molar-refractivity contribution in [3.8, 4) is 28.8 Å². The third kappa shape index (κ3) is 4.72. The zero-order valence-corrected chi connectivity index (χ0v) is 17.2. The normalized spacial score (nSPS) is 11.1. The molecule has 0 bridgehead atoms. The standard InChI is InChI=1S/C22H19ClN2O2S/c1-3-10-27-20-9-4-15(12-21(20)26-2)11-17(13-24)22-25-19(14-28-22)16-5-7-18(23)8-6-16/h4-9,11-12,14H,3,10H2,1-2H3/b17-11-. The number of rotatable bonds is 7. The van der Waals surface area contributed by atoms with Crippen LogP contribution in [0, 0.1) is 11.3 Å². The molecule has 0 saturated carbocycles. The van der Waals surface area contributed by atoms with E-state index in [1.165, 1.54) is 11.3 Å². The average molecular weight is 411 g/mol. The quantitative estimate of drug-likeness (QED) is 0.427. The summed E-state index contributed by atoms with van der Waals surface area (Å²) in [7, 11) is 1.60. The number of allylic oxidation sites excluding steroid dienone is 1. The molecule has 2 aromatic carbocycles. The van der Waals surface area contributed by atoms with Gasteiger partial charge in [-0.15, -0.1) is 11.3 Å². The van der Waals surface area contributed by atoms with Crippen LogP contribution in [0.25, 0.3) is 22.9 Å². The van der Waals surface area contributed by atoms with Crippen LogP contribution >= 0.6 is 22.9 Å². The van der Waals surface area contributed by atoms with Crippen molar-refractivity contribution < 1.29 is 9.47 Å². The molecule has 28 heavy (non-hydrogen) atoms. The number of nitriles is 1. The minimum atomic E-state index is 0.495. The molecule has 0 fully saturated rings. The van der Waals surface area contributed by atoms with Crippen molar-refractivity contribution in [1.29, 1.82) is 5.26 Å². The summed E-state index contributed by atoms with van der Waals surface area (Å²) in [4.78, 5) is 4.61. The lowest BCUT2D eigenvalue weighted by Gasteiger charge is -2.10. The Hall–Kier alpha value is -2.81. The van der Waals surface area contributed by atoms with E-state index < -0.39 is 0 Å². The molecule has 1 aromatic heterocycles. The summed E-state index contributed by atoms with van der Waals surface area (Å²) in [5.41, 5.74) is 3.12. The third-order valence-electron chi connectivity index (χ3n) is 3.96. The maximum absolute atomic E-state index is 9.63. The minimum Gasteiger partial charge on any atom is -0.493 e. The molecular weight excluding hydrogens is 392 g/mol. The number of thiazole rings is 1. The summed E-state index contributed by atoms with van der Waals surface area (Å²) >= 11 is 7.38. The monoisotopic (exact) mass is 410 g/mol. The summed E-state index contributed by atoms with van der Waals surface area (Å²) in [5.74, 6) is 1.33. The maximum Gasteiger partial charge on any atom is 0.161 e. The number of aromatic nitrogens is 1. The van der Waals surface area contributed by atoms with Crippen molar-refractivity contribution in [2.75, 3.05) is 13.7 Å². The van der Waals surface area contributed by atoms with Gasteiger partial charge in [-0.05, 0) is 42.3 Å². The van der Waals surface area contributed by atoms with Gasteiger partial charge in [0.1, 0.15) is 11.1 Å². The largest absolute Gasteiger partial charge is 0.493 e. The van der Waals surface area contributed by atoms with Gasteiger partial charge in [0.25, 0.3) is 0 Å². The molecule has 0 N–H and O–H groups in total. The van der Waals surface area contributed by atoms with Gasteiger partial charge in [0.15, 0.2) is 11.5 Å². The maximum atomic E-state index is 9.63. The van der Waals surface area contributed by atoms with E-state index in [1.54, 1.807) is 13.2 Å². The van der Waals surface area contributed by atoms with Gasteiger partial charge in [-0.25, -0.2) is 4.98 Å². The van der Waals surface area contributed by atoms with Crippen LogP contribution in [0.4, 0.5) is 0 Å². The molecule has 3 aromatic rings. The van der Waals surface area contributed by atoms with Crippen LogP contribution in [-0.2, 0) is 0 Å². The minimum absolute atomic E-state index is 0.495. The van der Waals surface area contributed by atoms with E-state index in [0.29, 0.717) is 33.7 Å². The molecule has 0 saturated heterocycles. The van der Waals surface area contributed by atoms with Crippen LogP contribution in [-0.4, -0.2) is 18.7 Å². The Kier molecular flexibility index (Phi) is 6.70. The SMILES string of the molecule is CCCOc1ccc(/C=C(/C#N)c2nc(-c3ccc(Cl)cc3)cs2)cc1OC. The highest BCUT2D eigenvalue weighted by molar-refractivity contribution is 7.11. The Balaban J connectivity index is 1.88. The van der Waals surface area contributed by atoms with Crippen molar-refractivity contribution in [2.45, 2.75) is 13.3 Å². The Morgan fingerprint density at radius 1 is 1.21 bits per heavy atom. The summed E-state index contributed by atoms with van der Waals surface area (Å²) in [5, 5.41) is 12.9. The molecule has 0 unspecified atom stereocenters. The topological polar surface area (TPSA) is 55.1 Å². The summed E-state index contributed by atoms with van der Waals surface area (Å²) in [6, 6.07) is 15.3. The second-order valence-electron chi connectivity index (χ2n) is 5.97. The first kappa shape index (κ1) is 19.9. The molecule has 0 aliphatic rings. The van der Waals surface area contributed by atoms with Crippen molar-refractivity contribution in [2.24, 2.45) is 0 Å². The number of nitrogens with zero attached hydrogens (tertiary/aromatic N) is 2. The molecule has 6 heteroatoms. The van der Waals surface area contributed by atoms with Gasteiger partial charge in [-0.3, -0.25) is 0 Å². The van der Waals surface area contributed by atoms with Crippen molar-refractivity contribution in [3.63, 3.8) is 0 Å². The smallest absolute Gasteiger partial charge is 0.161 e.